The maximum Gasteiger partial charge on any atom is 0.339 e. The van der Waals surface area contributed by atoms with Crippen LogP contribution < -0.4 is 5.32 Å². The van der Waals surface area contributed by atoms with Crippen LogP contribution in [-0.2, 0) is 20.6 Å². The number of Topliss-reactive ketones (excluding diaryl/α,β-unsaturated/α-hetero) is 1. The van der Waals surface area contributed by atoms with Crippen LogP contribution in [0.1, 0.15) is 75.9 Å². The lowest BCUT2D eigenvalue weighted by Gasteiger charge is -2.37. The zero-order chi connectivity index (χ0) is 35.2. The Hall–Kier alpha value is -4.34. The smallest absolute Gasteiger partial charge is 0.339 e. The van der Waals surface area contributed by atoms with E-state index < -0.39 is 26.2 Å². The second-order valence-corrected chi connectivity index (χ2v) is 18.8. The zero-order valence-electron chi connectivity index (χ0n) is 29.0. The number of para-hydroxylation sites is 1. The van der Waals surface area contributed by atoms with Crippen molar-refractivity contribution < 1.29 is 28.3 Å². The van der Waals surface area contributed by atoms with Crippen molar-refractivity contribution in [3.8, 4) is 22.4 Å². The number of halogens is 1. The van der Waals surface area contributed by atoms with Gasteiger partial charge in [-0.3, -0.25) is 9.59 Å². The van der Waals surface area contributed by atoms with Gasteiger partial charge in [-0.25, -0.2) is 9.18 Å². The highest BCUT2D eigenvalue weighted by molar-refractivity contribution is 6.74. The molecule has 0 radical (unpaired) electrons. The van der Waals surface area contributed by atoms with E-state index in [0.29, 0.717) is 30.6 Å². The Labute approximate surface area is 284 Å². The van der Waals surface area contributed by atoms with E-state index in [1.165, 1.54) is 12.1 Å². The summed E-state index contributed by atoms with van der Waals surface area (Å²) in [5, 5.41) is 12.7. The zero-order valence-corrected chi connectivity index (χ0v) is 30.0. The number of anilines is 1. The Morgan fingerprint density at radius 3 is 2.00 bits per heavy atom. The first-order chi connectivity index (χ1) is 22.6. The first-order valence-electron chi connectivity index (χ1n) is 16.5. The number of unbranched alkanes of at least 4 members (excludes halogenated alkanes) is 1. The van der Waals surface area contributed by atoms with E-state index in [2.05, 4.69) is 9.88 Å². The van der Waals surface area contributed by atoms with Crippen molar-refractivity contribution in [3.05, 3.63) is 102 Å². The Morgan fingerprint density at radius 2 is 1.46 bits per heavy atom. The Bertz CT molecular complexity index is 1730. The number of hydrogen-bond acceptors (Lipinski definition) is 4. The van der Waals surface area contributed by atoms with Gasteiger partial charge in [-0.15, -0.1) is 0 Å². The first kappa shape index (κ1) is 36.5. The summed E-state index contributed by atoms with van der Waals surface area (Å²) in [6, 6.07) is 25.2. The molecule has 48 heavy (non-hydrogen) atoms. The average Bonchev–Trinajstić information content (AvgIpc) is 3.38. The molecule has 0 aliphatic rings. The molecule has 3 aromatic carbocycles. The van der Waals surface area contributed by atoms with Crippen molar-refractivity contribution in [1.29, 1.82) is 0 Å². The topological polar surface area (TPSA) is 97.6 Å². The van der Waals surface area contributed by atoms with Crippen LogP contribution in [0.25, 0.3) is 22.4 Å². The number of aliphatic carboxylic acids is 1. The van der Waals surface area contributed by atoms with E-state index in [1.54, 1.807) is 12.1 Å². The molecule has 1 amide bonds. The molecule has 2 N–H and O–H groups in total. The van der Waals surface area contributed by atoms with Crippen molar-refractivity contribution in [1.82, 2.24) is 4.57 Å². The van der Waals surface area contributed by atoms with E-state index in [0.717, 1.165) is 28.1 Å². The van der Waals surface area contributed by atoms with Gasteiger partial charge in [0.1, 0.15) is 5.82 Å². The maximum atomic E-state index is 14.2. The van der Waals surface area contributed by atoms with Crippen LogP contribution >= 0.6 is 0 Å². The highest BCUT2D eigenvalue weighted by Gasteiger charge is 2.42. The number of nitrogens with zero attached hydrogens (tertiary/aromatic N) is 1. The third kappa shape index (κ3) is 8.38. The lowest BCUT2D eigenvalue weighted by molar-refractivity contribution is -0.151. The van der Waals surface area contributed by atoms with E-state index in [-0.39, 0.29) is 29.1 Å². The number of carboxylic acid groups (broad SMARTS) is 1. The quantitative estimate of drug-likeness (QED) is 0.0791. The summed E-state index contributed by atoms with van der Waals surface area (Å²) >= 11 is 0. The number of amides is 1. The van der Waals surface area contributed by atoms with Crippen LogP contribution in [0.2, 0.25) is 18.1 Å². The van der Waals surface area contributed by atoms with E-state index in [9.17, 15) is 23.9 Å². The predicted molar refractivity (Wildman–Crippen MR) is 192 cm³/mol. The molecule has 0 aliphatic heterocycles. The summed E-state index contributed by atoms with van der Waals surface area (Å²) < 4.78 is 22.3. The lowest BCUT2D eigenvalue weighted by atomic mass is 9.94. The predicted octanol–water partition coefficient (Wildman–Crippen LogP) is 9.55. The van der Waals surface area contributed by atoms with Gasteiger partial charge in [-0.2, -0.15) is 0 Å². The molecule has 1 heterocycles. The second kappa shape index (κ2) is 15.3. The van der Waals surface area contributed by atoms with Crippen molar-refractivity contribution >= 4 is 31.7 Å². The molecule has 0 fully saturated rings. The number of carbonyl (C=O) groups is 3. The summed E-state index contributed by atoms with van der Waals surface area (Å²) in [6.45, 7) is 14.4. The molecule has 1 aromatic heterocycles. The molecule has 4 rings (SSSR count). The molecule has 1 unspecified atom stereocenters. The summed E-state index contributed by atoms with van der Waals surface area (Å²) in [5.74, 6) is -2.41. The molecule has 0 spiro atoms. The summed E-state index contributed by atoms with van der Waals surface area (Å²) in [7, 11) is -2.51. The fourth-order valence-corrected chi connectivity index (χ4v) is 6.81. The number of aromatic nitrogens is 1. The van der Waals surface area contributed by atoms with Crippen LogP contribution in [0.15, 0.2) is 84.9 Å². The minimum absolute atomic E-state index is 0.0443. The number of nitrogens with one attached hydrogen (secondary N) is 1. The maximum absolute atomic E-state index is 14.2. The molecule has 0 saturated carbocycles. The van der Waals surface area contributed by atoms with Gasteiger partial charge < -0.3 is 19.4 Å². The third-order valence-corrected chi connectivity index (χ3v) is 13.5. The van der Waals surface area contributed by atoms with E-state index >= 15 is 0 Å². The van der Waals surface area contributed by atoms with Gasteiger partial charge in [0.15, 0.2) is 14.1 Å². The Kier molecular flexibility index (Phi) is 11.6. The standard InChI is InChI=1S/C39H47FN2O5Si/c1-26(2)34-33(37(44)41-30-18-12-9-13-19-30)32(27-16-10-8-11-17-27)35(28-21-23-29(40)24-22-28)42(34)25-15-14-20-31(43)36(38(45)46)47-48(6,7)39(3,4)5/h8-13,16-19,21-24,26,36H,14-15,20,25H2,1-7H3,(H,41,44)(H,45,46). The number of carbonyl (C=O) groups excluding carboxylic acids is 2. The Balaban J connectivity index is 1.75. The van der Waals surface area contributed by atoms with Gasteiger partial charge in [-0.1, -0.05) is 83.1 Å². The van der Waals surface area contributed by atoms with Gasteiger partial charge >= 0.3 is 5.97 Å². The van der Waals surface area contributed by atoms with Gasteiger partial charge in [0.25, 0.3) is 5.91 Å². The summed E-state index contributed by atoms with van der Waals surface area (Å²) in [6.07, 6.45) is -0.498. The molecule has 4 aromatic rings. The van der Waals surface area contributed by atoms with Gasteiger partial charge in [0.2, 0.25) is 6.10 Å². The highest BCUT2D eigenvalue weighted by Crippen LogP contribution is 2.43. The molecular formula is C39H47FN2O5Si. The van der Waals surface area contributed by atoms with Crippen molar-refractivity contribution in [2.45, 2.75) is 90.6 Å². The van der Waals surface area contributed by atoms with Gasteiger partial charge in [-0.05, 0) is 84.4 Å². The van der Waals surface area contributed by atoms with Gasteiger partial charge in [0, 0.05) is 29.9 Å². The summed E-state index contributed by atoms with van der Waals surface area (Å²) in [4.78, 5) is 39.6. The molecule has 1 atom stereocenters. The molecule has 0 saturated heterocycles. The normalized spacial score (nSPS) is 12.6. The second-order valence-electron chi connectivity index (χ2n) is 14.0. The van der Waals surface area contributed by atoms with Crippen molar-refractivity contribution in [2.24, 2.45) is 0 Å². The monoisotopic (exact) mass is 670 g/mol. The van der Waals surface area contributed by atoms with Crippen LogP contribution in [0, 0.1) is 5.82 Å². The fraction of sp³-hybridized carbons (Fsp3) is 0.359. The Morgan fingerprint density at radius 1 is 0.875 bits per heavy atom. The van der Waals surface area contributed by atoms with E-state index in [1.807, 2.05) is 108 Å². The van der Waals surface area contributed by atoms with Crippen molar-refractivity contribution in [3.63, 3.8) is 0 Å². The van der Waals surface area contributed by atoms with Crippen LogP contribution in [-0.4, -0.2) is 41.8 Å². The van der Waals surface area contributed by atoms with Crippen LogP contribution in [0.5, 0.6) is 0 Å². The lowest BCUT2D eigenvalue weighted by Crippen LogP contribution is -2.48. The third-order valence-electron chi connectivity index (χ3n) is 9.08. The summed E-state index contributed by atoms with van der Waals surface area (Å²) in [5.41, 5.74) is 5.13. The minimum atomic E-state index is -2.51. The van der Waals surface area contributed by atoms with Crippen LogP contribution in [0.4, 0.5) is 10.1 Å². The molecule has 0 aliphatic carbocycles. The number of hydrogen-bond donors (Lipinski definition) is 2. The highest BCUT2D eigenvalue weighted by atomic mass is 28.4. The van der Waals surface area contributed by atoms with Crippen LogP contribution in [0.3, 0.4) is 0 Å². The molecule has 254 valence electrons. The largest absolute Gasteiger partial charge is 0.479 e. The number of rotatable bonds is 14. The molecule has 0 bridgehead atoms. The molecular weight excluding hydrogens is 624 g/mol. The SMILES string of the molecule is CC(C)c1c(C(=O)Nc2ccccc2)c(-c2ccccc2)c(-c2ccc(F)cc2)n1CCCCC(=O)C(O[Si](C)(C)C(C)(C)C)C(=O)O. The fourth-order valence-electron chi connectivity index (χ4n) is 5.63. The molecule has 9 heteroatoms. The number of ketones is 1. The number of carboxylic acids is 1. The molecule has 7 nitrogen and oxygen atoms in total. The van der Waals surface area contributed by atoms with Gasteiger partial charge in [0.05, 0.1) is 11.3 Å². The van der Waals surface area contributed by atoms with Crippen molar-refractivity contribution in [2.75, 3.05) is 5.32 Å². The van der Waals surface area contributed by atoms with E-state index in [4.69, 9.17) is 4.43 Å². The number of benzene rings is 3. The average molecular weight is 671 g/mol. The first-order valence-corrected chi connectivity index (χ1v) is 19.4. The minimum Gasteiger partial charge on any atom is -0.479 e.